The van der Waals surface area contributed by atoms with Crippen LogP contribution < -0.4 is 0 Å². The van der Waals surface area contributed by atoms with Gasteiger partial charge in [-0.05, 0) is 54.4 Å². The fourth-order valence-corrected chi connectivity index (χ4v) is 4.42. The van der Waals surface area contributed by atoms with E-state index in [0.717, 1.165) is 12.1 Å². The van der Waals surface area contributed by atoms with Gasteiger partial charge in [0.2, 0.25) is 0 Å². The van der Waals surface area contributed by atoms with E-state index in [1.807, 2.05) is 0 Å². The first-order valence-electron chi connectivity index (χ1n) is 9.28. The summed E-state index contributed by atoms with van der Waals surface area (Å²) in [6.45, 7) is 1.71. The molecule has 0 saturated heterocycles. The number of nitrogens with zero attached hydrogens (tertiary/aromatic N) is 1. The molecule has 1 atom stereocenters. The van der Waals surface area contributed by atoms with Crippen molar-refractivity contribution >= 4 is 15.7 Å². The van der Waals surface area contributed by atoms with Crippen LogP contribution in [0.2, 0.25) is 0 Å². The van der Waals surface area contributed by atoms with Crippen molar-refractivity contribution in [1.29, 1.82) is 0 Å². The average Bonchev–Trinajstić information content (AvgIpc) is 2.75. The largest absolute Gasteiger partial charge is 0.335 e. The molecule has 0 saturated carbocycles. The summed E-state index contributed by atoms with van der Waals surface area (Å²) in [6, 6.07) is 17.5. The molecule has 3 rings (SSSR count). The van der Waals surface area contributed by atoms with Crippen LogP contribution in [0.5, 0.6) is 0 Å². The van der Waals surface area contributed by atoms with Gasteiger partial charge in [0, 0.05) is 12.6 Å². The lowest BCUT2D eigenvalue weighted by Gasteiger charge is -2.25. The summed E-state index contributed by atoms with van der Waals surface area (Å²) in [6.07, 6.45) is 0. The molecule has 1 unspecified atom stereocenters. The topological polar surface area (TPSA) is 54.5 Å². The summed E-state index contributed by atoms with van der Waals surface area (Å²) in [5.74, 6) is -2.40. The lowest BCUT2D eigenvalue weighted by molar-refractivity contribution is 0.0742. The lowest BCUT2D eigenvalue weighted by atomic mass is 10.1. The SMILES string of the molecule is CC(c1ccc(F)c(F)c1)N(C)C(=O)c1ccc(CS(=O)(=O)c2ccccc2)cc1. The minimum absolute atomic E-state index is 0.174. The summed E-state index contributed by atoms with van der Waals surface area (Å²) < 4.78 is 51.6. The summed E-state index contributed by atoms with van der Waals surface area (Å²) in [5, 5.41) is 0. The van der Waals surface area contributed by atoms with Crippen LogP contribution in [0.4, 0.5) is 8.78 Å². The van der Waals surface area contributed by atoms with E-state index in [4.69, 9.17) is 0 Å². The summed E-state index contributed by atoms with van der Waals surface area (Å²) in [7, 11) is -1.91. The van der Waals surface area contributed by atoms with Crippen LogP contribution in [0.25, 0.3) is 0 Å². The Morgan fingerprint density at radius 2 is 1.57 bits per heavy atom. The van der Waals surface area contributed by atoms with Gasteiger partial charge in [-0.25, -0.2) is 17.2 Å². The van der Waals surface area contributed by atoms with Crippen LogP contribution in [0, 0.1) is 11.6 Å². The number of benzene rings is 3. The zero-order chi connectivity index (χ0) is 21.9. The van der Waals surface area contributed by atoms with Crippen LogP contribution in [0.15, 0.2) is 77.7 Å². The first kappa shape index (κ1) is 21.6. The Morgan fingerprint density at radius 1 is 0.933 bits per heavy atom. The third kappa shape index (κ3) is 4.74. The molecule has 3 aromatic rings. The minimum atomic E-state index is -3.48. The van der Waals surface area contributed by atoms with Crippen molar-refractivity contribution in [3.63, 3.8) is 0 Å². The van der Waals surface area contributed by atoms with Crippen LogP contribution in [0.1, 0.15) is 34.5 Å². The lowest BCUT2D eigenvalue weighted by Crippen LogP contribution is -2.29. The molecule has 0 bridgehead atoms. The maximum Gasteiger partial charge on any atom is 0.254 e. The van der Waals surface area contributed by atoms with Crippen LogP contribution in [0.3, 0.4) is 0 Å². The minimum Gasteiger partial charge on any atom is -0.335 e. The van der Waals surface area contributed by atoms with Gasteiger partial charge in [0.1, 0.15) is 0 Å². The van der Waals surface area contributed by atoms with Gasteiger partial charge in [-0.3, -0.25) is 4.79 Å². The highest BCUT2D eigenvalue weighted by Gasteiger charge is 2.21. The van der Waals surface area contributed by atoms with Gasteiger partial charge in [0.05, 0.1) is 16.7 Å². The van der Waals surface area contributed by atoms with Crippen LogP contribution in [-0.4, -0.2) is 26.3 Å². The summed E-state index contributed by atoms with van der Waals surface area (Å²) in [4.78, 5) is 14.4. The van der Waals surface area contributed by atoms with E-state index < -0.39 is 27.5 Å². The standard InChI is InChI=1S/C23H21F2NO3S/c1-16(19-12-13-21(24)22(25)14-19)26(2)23(27)18-10-8-17(9-11-18)15-30(28,29)20-6-4-3-5-7-20/h3-14,16H,15H2,1-2H3. The smallest absolute Gasteiger partial charge is 0.254 e. The van der Waals surface area contributed by atoms with E-state index in [0.29, 0.717) is 16.7 Å². The highest BCUT2D eigenvalue weighted by Crippen LogP contribution is 2.23. The Bertz CT molecular complexity index is 1150. The van der Waals surface area contributed by atoms with Crippen molar-refractivity contribution in [1.82, 2.24) is 4.90 Å². The second kappa shape index (κ2) is 8.75. The van der Waals surface area contributed by atoms with Gasteiger partial charge in [0.15, 0.2) is 21.5 Å². The van der Waals surface area contributed by atoms with E-state index in [2.05, 4.69) is 0 Å². The fraction of sp³-hybridized carbons (Fsp3) is 0.174. The Balaban J connectivity index is 1.73. The molecule has 30 heavy (non-hydrogen) atoms. The summed E-state index contributed by atoms with van der Waals surface area (Å²) in [5.41, 5.74) is 1.40. The molecule has 0 spiro atoms. The Labute approximate surface area is 174 Å². The number of carbonyl (C=O) groups is 1. The zero-order valence-electron chi connectivity index (χ0n) is 16.5. The first-order valence-corrected chi connectivity index (χ1v) is 10.9. The molecule has 0 aromatic heterocycles. The predicted molar refractivity (Wildman–Crippen MR) is 111 cm³/mol. The number of rotatable bonds is 6. The molecule has 0 heterocycles. The number of amides is 1. The Hall–Kier alpha value is -3.06. The third-order valence-electron chi connectivity index (χ3n) is 4.99. The quantitative estimate of drug-likeness (QED) is 0.567. The molecule has 0 aliphatic heterocycles. The van der Waals surface area contributed by atoms with Gasteiger partial charge in [-0.15, -0.1) is 0 Å². The van der Waals surface area contributed by atoms with Crippen LogP contribution >= 0.6 is 0 Å². The number of hydrogen-bond donors (Lipinski definition) is 0. The predicted octanol–water partition coefficient (Wildman–Crippen LogP) is 4.77. The molecule has 4 nitrogen and oxygen atoms in total. The van der Waals surface area contributed by atoms with Gasteiger partial charge in [-0.1, -0.05) is 36.4 Å². The molecular formula is C23H21F2NO3S. The molecule has 0 fully saturated rings. The number of hydrogen-bond acceptors (Lipinski definition) is 3. The monoisotopic (exact) mass is 429 g/mol. The molecule has 0 radical (unpaired) electrons. The summed E-state index contributed by atoms with van der Waals surface area (Å²) >= 11 is 0. The molecule has 0 aliphatic rings. The molecule has 7 heteroatoms. The van der Waals surface area contributed by atoms with Crippen LogP contribution in [-0.2, 0) is 15.6 Å². The number of carbonyl (C=O) groups excluding carboxylic acids is 1. The maximum atomic E-state index is 13.5. The molecule has 0 aliphatic carbocycles. The fourth-order valence-electron chi connectivity index (χ4n) is 3.05. The molecule has 3 aromatic carbocycles. The average molecular weight is 429 g/mol. The van der Waals surface area contributed by atoms with E-state index in [1.165, 1.54) is 11.0 Å². The Kier molecular flexibility index (Phi) is 6.31. The van der Waals surface area contributed by atoms with Crippen molar-refractivity contribution in [2.45, 2.75) is 23.6 Å². The number of halogens is 2. The zero-order valence-corrected chi connectivity index (χ0v) is 17.4. The van der Waals surface area contributed by atoms with Gasteiger partial charge in [-0.2, -0.15) is 0 Å². The second-order valence-corrected chi connectivity index (χ2v) is 9.02. The second-order valence-electron chi connectivity index (χ2n) is 7.03. The van der Waals surface area contributed by atoms with Gasteiger partial charge in [0.25, 0.3) is 5.91 Å². The van der Waals surface area contributed by atoms with E-state index in [1.54, 1.807) is 68.6 Å². The van der Waals surface area contributed by atoms with E-state index >= 15 is 0 Å². The third-order valence-corrected chi connectivity index (χ3v) is 6.69. The van der Waals surface area contributed by atoms with Gasteiger partial charge < -0.3 is 4.90 Å². The maximum absolute atomic E-state index is 13.5. The van der Waals surface area contributed by atoms with E-state index in [9.17, 15) is 22.0 Å². The molecular weight excluding hydrogens is 408 g/mol. The number of sulfone groups is 1. The molecule has 1 amide bonds. The van der Waals surface area contributed by atoms with Gasteiger partial charge >= 0.3 is 0 Å². The first-order chi connectivity index (χ1) is 14.2. The normalized spacial score (nSPS) is 12.4. The molecule has 156 valence electrons. The highest BCUT2D eigenvalue weighted by molar-refractivity contribution is 7.90. The van der Waals surface area contributed by atoms with Crippen molar-refractivity contribution in [3.8, 4) is 0 Å². The van der Waals surface area contributed by atoms with Crippen molar-refractivity contribution in [2.75, 3.05) is 7.05 Å². The van der Waals surface area contributed by atoms with E-state index in [-0.39, 0.29) is 16.6 Å². The van der Waals surface area contributed by atoms with Crippen molar-refractivity contribution in [3.05, 3.63) is 101 Å². The molecule has 0 N–H and O–H groups in total. The van der Waals surface area contributed by atoms with Crippen molar-refractivity contribution < 1.29 is 22.0 Å². The van der Waals surface area contributed by atoms with Crippen molar-refractivity contribution in [2.24, 2.45) is 0 Å². The highest BCUT2D eigenvalue weighted by atomic mass is 32.2. The Morgan fingerprint density at radius 3 is 2.17 bits per heavy atom.